The van der Waals surface area contributed by atoms with Gasteiger partial charge in [-0.3, -0.25) is 24.5 Å². The van der Waals surface area contributed by atoms with Crippen molar-refractivity contribution in [3.8, 4) is 0 Å². The van der Waals surface area contributed by atoms with E-state index in [-0.39, 0.29) is 37.3 Å². The molecule has 0 spiro atoms. The Morgan fingerprint density at radius 2 is 1.96 bits per heavy atom. The van der Waals surface area contributed by atoms with Crippen molar-refractivity contribution in [2.24, 2.45) is 0 Å². The quantitative estimate of drug-likeness (QED) is 0.460. The molecule has 1 saturated heterocycles. The summed E-state index contributed by atoms with van der Waals surface area (Å²) in [7, 11) is 0. The maximum Gasteiger partial charge on any atom is 0.255 e. The van der Waals surface area contributed by atoms with Gasteiger partial charge in [-0.1, -0.05) is 18.9 Å². The topological polar surface area (TPSA) is 116 Å². The van der Waals surface area contributed by atoms with Crippen molar-refractivity contribution in [2.45, 2.75) is 57.5 Å². The number of hydrogen-bond acceptors (Lipinski definition) is 5. The molecule has 1 aromatic carbocycles. The van der Waals surface area contributed by atoms with E-state index in [2.05, 4.69) is 10.6 Å². The number of fused-ring (bicyclic) bond motifs is 1. The Bertz CT molecular complexity index is 792. The Hall–Kier alpha value is -2.74. The van der Waals surface area contributed by atoms with Gasteiger partial charge in [-0.05, 0) is 31.4 Å². The fourth-order valence-corrected chi connectivity index (χ4v) is 3.67. The van der Waals surface area contributed by atoms with E-state index < -0.39 is 11.9 Å². The molecule has 2 aliphatic rings. The highest BCUT2D eigenvalue weighted by molar-refractivity contribution is 6.06. The average Bonchev–Trinajstić information content (AvgIpc) is 2.99. The molecule has 8 nitrogen and oxygen atoms in total. The van der Waals surface area contributed by atoms with Gasteiger partial charge in [0.05, 0.1) is 0 Å². The molecule has 0 aliphatic carbocycles. The predicted octanol–water partition coefficient (Wildman–Crippen LogP) is 1.33. The van der Waals surface area contributed by atoms with Gasteiger partial charge in [0.15, 0.2) is 0 Å². The zero-order chi connectivity index (χ0) is 20.1. The molecule has 28 heavy (non-hydrogen) atoms. The number of rotatable bonds is 8. The summed E-state index contributed by atoms with van der Waals surface area (Å²) in [5.41, 5.74) is 1.76. The number of amides is 4. The van der Waals surface area contributed by atoms with Gasteiger partial charge in [-0.15, -0.1) is 0 Å². The fraction of sp³-hybridized carbons (Fsp3) is 0.500. The molecule has 4 amide bonds. The highest BCUT2D eigenvalue weighted by atomic mass is 16.3. The van der Waals surface area contributed by atoms with E-state index in [1.807, 2.05) is 0 Å². The second-order valence-corrected chi connectivity index (χ2v) is 7.17. The summed E-state index contributed by atoms with van der Waals surface area (Å²) in [4.78, 5) is 50.0. The number of benzene rings is 1. The molecule has 0 aromatic heterocycles. The number of nitrogens with one attached hydrogen (secondary N) is 2. The van der Waals surface area contributed by atoms with Gasteiger partial charge in [-0.25, -0.2) is 0 Å². The zero-order valence-electron chi connectivity index (χ0n) is 15.7. The third kappa shape index (κ3) is 4.39. The molecule has 3 rings (SSSR count). The summed E-state index contributed by atoms with van der Waals surface area (Å²) >= 11 is 0. The molecule has 1 aromatic rings. The van der Waals surface area contributed by atoms with Crippen molar-refractivity contribution in [1.82, 2.24) is 10.2 Å². The summed E-state index contributed by atoms with van der Waals surface area (Å²) in [5.74, 6) is -1.16. The van der Waals surface area contributed by atoms with Crippen LogP contribution in [0.3, 0.4) is 0 Å². The van der Waals surface area contributed by atoms with Crippen molar-refractivity contribution in [2.75, 3.05) is 11.9 Å². The first-order valence-electron chi connectivity index (χ1n) is 9.68. The lowest BCUT2D eigenvalue weighted by molar-refractivity contribution is -0.137. The van der Waals surface area contributed by atoms with Crippen LogP contribution in [0.5, 0.6) is 0 Å². The maximum absolute atomic E-state index is 12.8. The molecule has 0 bridgehead atoms. The van der Waals surface area contributed by atoms with Gasteiger partial charge < -0.3 is 15.3 Å². The Kier molecular flexibility index (Phi) is 6.41. The first-order valence-corrected chi connectivity index (χ1v) is 9.68. The first-order chi connectivity index (χ1) is 13.5. The van der Waals surface area contributed by atoms with Gasteiger partial charge in [0, 0.05) is 42.8 Å². The predicted molar refractivity (Wildman–Crippen MR) is 101 cm³/mol. The third-order valence-electron chi connectivity index (χ3n) is 5.17. The molecular formula is C20H25N3O5. The molecule has 150 valence electrons. The maximum atomic E-state index is 12.8. The summed E-state index contributed by atoms with van der Waals surface area (Å²) < 4.78 is 0. The molecule has 0 radical (unpaired) electrons. The number of imide groups is 1. The van der Waals surface area contributed by atoms with Crippen molar-refractivity contribution in [3.05, 3.63) is 29.3 Å². The summed E-state index contributed by atoms with van der Waals surface area (Å²) in [6, 6.07) is 4.48. The molecule has 1 atom stereocenters. The average molecular weight is 387 g/mol. The van der Waals surface area contributed by atoms with Crippen LogP contribution in [0, 0.1) is 0 Å². The standard InChI is InChI=1S/C20H25N3O5/c24-11-4-2-1-3-8-17(25)21-15-7-5-6-13-14(15)12-23(20(13)28)16-9-10-18(26)22-19(16)27/h5-7,16,24H,1-4,8-12H2,(H,21,25)(H,22,26,27). The number of aliphatic hydroxyl groups is 1. The van der Waals surface area contributed by atoms with Crippen LogP contribution < -0.4 is 10.6 Å². The SMILES string of the molecule is O=C1CCC(N2Cc3c(NC(=O)CCCCCCO)cccc3C2=O)C(=O)N1. The van der Waals surface area contributed by atoms with Crippen LogP contribution in [-0.2, 0) is 20.9 Å². The minimum atomic E-state index is -0.673. The molecule has 1 unspecified atom stereocenters. The second-order valence-electron chi connectivity index (χ2n) is 7.17. The van der Waals surface area contributed by atoms with Gasteiger partial charge in [0.25, 0.3) is 5.91 Å². The minimum absolute atomic E-state index is 0.121. The van der Waals surface area contributed by atoms with E-state index in [4.69, 9.17) is 5.11 Å². The van der Waals surface area contributed by atoms with E-state index >= 15 is 0 Å². The van der Waals surface area contributed by atoms with E-state index in [1.54, 1.807) is 18.2 Å². The number of carbonyl (C=O) groups excluding carboxylic acids is 4. The molecule has 2 aliphatic heterocycles. The molecule has 3 N–H and O–H groups in total. The number of anilines is 1. The van der Waals surface area contributed by atoms with Crippen LogP contribution in [0.15, 0.2) is 18.2 Å². The third-order valence-corrected chi connectivity index (χ3v) is 5.17. The van der Waals surface area contributed by atoms with E-state index in [0.717, 1.165) is 25.7 Å². The van der Waals surface area contributed by atoms with E-state index in [1.165, 1.54) is 4.90 Å². The summed E-state index contributed by atoms with van der Waals surface area (Å²) in [6.07, 6.45) is 4.13. The van der Waals surface area contributed by atoms with Gasteiger partial charge in [0.1, 0.15) is 6.04 Å². The fourth-order valence-electron chi connectivity index (χ4n) is 3.67. The summed E-state index contributed by atoms with van der Waals surface area (Å²) in [6.45, 7) is 0.396. The molecule has 0 saturated carbocycles. The van der Waals surface area contributed by atoms with E-state index in [9.17, 15) is 19.2 Å². The van der Waals surface area contributed by atoms with Gasteiger partial charge in [0.2, 0.25) is 17.7 Å². The highest BCUT2D eigenvalue weighted by Crippen LogP contribution is 2.32. The number of hydrogen-bond donors (Lipinski definition) is 3. The number of unbranched alkanes of at least 4 members (excludes halogenated alkanes) is 3. The molecule has 2 heterocycles. The van der Waals surface area contributed by atoms with Crippen molar-refractivity contribution >= 4 is 29.3 Å². The van der Waals surface area contributed by atoms with Crippen LogP contribution in [0.4, 0.5) is 5.69 Å². The Balaban J connectivity index is 1.64. The normalized spacial score (nSPS) is 18.8. The minimum Gasteiger partial charge on any atom is -0.396 e. The lowest BCUT2D eigenvalue weighted by Crippen LogP contribution is -2.52. The summed E-state index contributed by atoms with van der Waals surface area (Å²) in [5, 5.41) is 13.9. The number of carbonyl (C=O) groups is 4. The van der Waals surface area contributed by atoms with Gasteiger partial charge in [-0.2, -0.15) is 0 Å². The monoisotopic (exact) mass is 387 g/mol. The zero-order valence-corrected chi connectivity index (χ0v) is 15.7. The van der Waals surface area contributed by atoms with Crippen molar-refractivity contribution in [1.29, 1.82) is 0 Å². The molecule has 1 fully saturated rings. The van der Waals surface area contributed by atoms with Gasteiger partial charge >= 0.3 is 0 Å². The van der Waals surface area contributed by atoms with Crippen molar-refractivity contribution < 1.29 is 24.3 Å². The Labute approximate surface area is 163 Å². The Morgan fingerprint density at radius 3 is 2.71 bits per heavy atom. The largest absolute Gasteiger partial charge is 0.396 e. The highest BCUT2D eigenvalue weighted by Gasteiger charge is 2.39. The van der Waals surface area contributed by atoms with E-state index in [0.29, 0.717) is 29.7 Å². The smallest absolute Gasteiger partial charge is 0.255 e. The van der Waals surface area contributed by atoms with Crippen LogP contribution in [0.2, 0.25) is 0 Å². The van der Waals surface area contributed by atoms with Crippen LogP contribution >= 0.6 is 0 Å². The van der Waals surface area contributed by atoms with Crippen LogP contribution in [0.1, 0.15) is 60.9 Å². The second kappa shape index (κ2) is 8.97. The van der Waals surface area contributed by atoms with Crippen molar-refractivity contribution in [3.63, 3.8) is 0 Å². The number of aliphatic hydroxyl groups excluding tert-OH is 1. The Morgan fingerprint density at radius 1 is 1.18 bits per heavy atom. The first kappa shape index (κ1) is 20.0. The molecular weight excluding hydrogens is 362 g/mol. The van der Waals surface area contributed by atoms with Crippen LogP contribution in [0.25, 0.3) is 0 Å². The lowest BCUT2D eigenvalue weighted by atomic mass is 10.0. The number of piperidine rings is 1. The number of nitrogens with zero attached hydrogens (tertiary/aromatic N) is 1. The van der Waals surface area contributed by atoms with Crippen LogP contribution in [-0.4, -0.2) is 46.3 Å². The molecule has 8 heteroatoms. The lowest BCUT2D eigenvalue weighted by Gasteiger charge is -2.29.